The monoisotopic (exact) mass is 526 g/mol. The topological polar surface area (TPSA) is 189 Å². The van der Waals surface area contributed by atoms with E-state index in [1.807, 2.05) is 0 Å². The molecule has 2 atom stereocenters. The second-order valence-corrected chi connectivity index (χ2v) is 8.86. The Hall–Kier alpha value is -4.14. The van der Waals surface area contributed by atoms with Crippen LogP contribution in [0.25, 0.3) is 0 Å². The summed E-state index contributed by atoms with van der Waals surface area (Å²) in [6.07, 6.45) is -1.77. The van der Waals surface area contributed by atoms with E-state index in [9.17, 15) is 39.5 Å². The Morgan fingerprint density at radius 3 is 2.55 bits per heavy atom. The van der Waals surface area contributed by atoms with Crippen LogP contribution in [0.2, 0.25) is 0 Å². The number of amides is 5. The number of nitrogens with zero attached hydrogens (tertiary/aromatic N) is 2. The molecule has 0 aromatic heterocycles. The van der Waals surface area contributed by atoms with E-state index in [4.69, 9.17) is 4.65 Å². The summed E-state index contributed by atoms with van der Waals surface area (Å²) in [5, 5.41) is 44.7. The summed E-state index contributed by atoms with van der Waals surface area (Å²) in [5.74, 6) is -3.73. The number of phenols is 1. The summed E-state index contributed by atoms with van der Waals surface area (Å²) in [6.45, 7) is 2.09. The van der Waals surface area contributed by atoms with E-state index in [1.54, 1.807) is 19.1 Å². The number of piperazine rings is 1. The molecule has 4 rings (SSSR count). The van der Waals surface area contributed by atoms with E-state index >= 15 is 0 Å². The zero-order valence-corrected chi connectivity index (χ0v) is 20.4. The van der Waals surface area contributed by atoms with Crippen molar-refractivity contribution in [1.29, 1.82) is 0 Å². The van der Waals surface area contributed by atoms with Crippen LogP contribution >= 0.6 is 0 Å². The molecule has 2 aromatic rings. The average Bonchev–Trinajstić information content (AvgIpc) is 2.88. The van der Waals surface area contributed by atoms with Crippen LogP contribution < -0.4 is 15.3 Å². The van der Waals surface area contributed by atoms with Gasteiger partial charge in [-0.3, -0.25) is 19.3 Å². The Balaban J connectivity index is 1.55. The first kappa shape index (κ1) is 26.9. The highest BCUT2D eigenvalue weighted by atomic mass is 16.5. The van der Waals surface area contributed by atoms with Gasteiger partial charge in [0.15, 0.2) is 6.29 Å². The fourth-order valence-electron chi connectivity index (χ4n) is 4.42. The SMILES string of the molecule is CCN1CCN(C(=O)NC(C(=O)N[C@H]2Cc3cccc(C(O)O)c3OB2O)c2cccc(O)c2)C(=O)C1=O. The molecule has 0 saturated carbocycles. The zero-order valence-electron chi connectivity index (χ0n) is 20.4. The minimum absolute atomic E-state index is 0.0543. The molecule has 14 heteroatoms. The quantitative estimate of drug-likeness (QED) is 0.155. The molecular formula is C24H27BN4O9. The van der Waals surface area contributed by atoms with Crippen LogP contribution in [-0.2, 0) is 20.8 Å². The number of carbonyl (C=O) groups excluding carboxylic acids is 4. The van der Waals surface area contributed by atoms with Crippen molar-refractivity contribution in [2.75, 3.05) is 19.6 Å². The highest BCUT2D eigenvalue weighted by Gasteiger charge is 2.40. The summed E-state index contributed by atoms with van der Waals surface area (Å²) in [5.41, 5.74) is 0.736. The number of benzene rings is 2. The minimum atomic E-state index is -1.83. The van der Waals surface area contributed by atoms with E-state index in [1.165, 1.54) is 35.2 Å². The molecule has 1 unspecified atom stereocenters. The van der Waals surface area contributed by atoms with E-state index in [-0.39, 0.29) is 42.1 Å². The first-order chi connectivity index (χ1) is 18.1. The number of hydrogen-bond donors (Lipinski definition) is 6. The Labute approximate surface area is 217 Å². The number of aliphatic hydroxyl groups is 2. The van der Waals surface area contributed by atoms with Gasteiger partial charge in [-0.15, -0.1) is 0 Å². The highest BCUT2D eigenvalue weighted by molar-refractivity contribution is 6.47. The van der Waals surface area contributed by atoms with Crippen LogP contribution in [0.4, 0.5) is 4.79 Å². The lowest BCUT2D eigenvalue weighted by atomic mass is 9.72. The van der Waals surface area contributed by atoms with Gasteiger partial charge < -0.3 is 40.5 Å². The number of phenolic OH excluding ortho intramolecular Hbond substituents is 1. The standard InChI is InChI=1S/C24H27BN4O9/c1-2-28-9-10-29(22(33)21(28)32)24(36)27-18(13-5-3-7-15(30)11-13)20(31)26-17-12-14-6-4-8-16(23(34)35)19(14)38-25(17)37/h3-8,11,17-18,23,30,34-35,37H,2,9-10,12H2,1H3,(H,26,31)(H,27,36)/t17-,18?/m0/s1. The fourth-order valence-corrected chi connectivity index (χ4v) is 4.42. The van der Waals surface area contributed by atoms with E-state index < -0.39 is 49.1 Å². The van der Waals surface area contributed by atoms with Gasteiger partial charge in [0.25, 0.3) is 0 Å². The summed E-state index contributed by atoms with van der Waals surface area (Å²) in [6, 6.07) is 7.80. The van der Waals surface area contributed by atoms with Gasteiger partial charge in [0.05, 0.1) is 5.94 Å². The number of aromatic hydroxyl groups is 1. The normalized spacial score (nSPS) is 18.1. The summed E-state index contributed by atoms with van der Waals surface area (Å²) >= 11 is 0. The number of nitrogens with one attached hydrogen (secondary N) is 2. The van der Waals surface area contributed by atoms with Gasteiger partial charge in [0, 0.05) is 25.2 Å². The molecule has 5 amide bonds. The Morgan fingerprint density at radius 1 is 1.13 bits per heavy atom. The molecule has 0 spiro atoms. The lowest BCUT2D eigenvalue weighted by Crippen LogP contribution is -2.60. The van der Waals surface area contributed by atoms with Crippen molar-refractivity contribution in [3.8, 4) is 11.5 Å². The van der Waals surface area contributed by atoms with Crippen molar-refractivity contribution in [3.05, 3.63) is 59.2 Å². The number of para-hydroxylation sites is 1. The largest absolute Gasteiger partial charge is 0.547 e. The van der Waals surface area contributed by atoms with Gasteiger partial charge in [-0.05, 0) is 36.6 Å². The predicted molar refractivity (Wildman–Crippen MR) is 131 cm³/mol. The predicted octanol–water partition coefficient (Wildman–Crippen LogP) is -1.04. The van der Waals surface area contributed by atoms with Crippen LogP contribution in [0.15, 0.2) is 42.5 Å². The van der Waals surface area contributed by atoms with Crippen molar-refractivity contribution in [1.82, 2.24) is 20.4 Å². The first-order valence-electron chi connectivity index (χ1n) is 11.9. The molecular weight excluding hydrogens is 499 g/mol. The van der Waals surface area contributed by atoms with Crippen LogP contribution in [0.5, 0.6) is 11.5 Å². The molecule has 0 radical (unpaired) electrons. The molecule has 0 bridgehead atoms. The van der Waals surface area contributed by atoms with Crippen LogP contribution in [0.1, 0.15) is 35.9 Å². The van der Waals surface area contributed by atoms with Crippen molar-refractivity contribution in [3.63, 3.8) is 0 Å². The second kappa shape index (κ2) is 11.1. The molecule has 6 N–H and O–H groups in total. The molecule has 200 valence electrons. The molecule has 2 aliphatic heterocycles. The fraction of sp³-hybridized carbons (Fsp3) is 0.333. The van der Waals surface area contributed by atoms with Gasteiger partial charge in [0.1, 0.15) is 17.5 Å². The smallest absolute Gasteiger partial charge is 0.534 e. The number of fused-ring (bicyclic) bond motifs is 1. The van der Waals surface area contributed by atoms with E-state index in [0.29, 0.717) is 17.0 Å². The van der Waals surface area contributed by atoms with Gasteiger partial charge in [0.2, 0.25) is 5.91 Å². The number of carbonyl (C=O) groups is 4. The van der Waals surface area contributed by atoms with Gasteiger partial charge >= 0.3 is 25.0 Å². The summed E-state index contributed by atoms with van der Waals surface area (Å²) in [4.78, 5) is 53.1. The van der Waals surface area contributed by atoms with Crippen molar-refractivity contribution in [2.24, 2.45) is 0 Å². The Kier molecular flexibility index (Phi) is 7.85. The van der Waals surface area contributed by atoms with Crippen molar-refractivity contribution in [2.45, 2.75) is 31.6 Å². The highest BCUT2D eigenvalue weighted by Crippen LogP contribution is 2.33. The minimum Gasteiger partial charge on any atom is -0.534 e. The van der Waals surface area contributed by atoms with Crippen LogP contribution in [-0.4, -0.2) is 86.6 Å². The summed E-state index contributed by atoms with van der Waals surface area (Å²) in [7, 11) is -1.56. The van der Waals surface area contributed by atoms with E-state index in [0.717, 1.165) is 0 Å². The number of aliphatic hydroxyl groups excluding tert-OH is 1. The third-order valence-corrected chi connectivity index (χ3v) is 6.42. The lowest BCUT2D eigenvalue weighted by molar-refractivity contribution is -0.153. The van der Waals surface area contributed by atoms with Crippen molar-refractivity contribution < 1.29 is 44.2 Å². The third kappa shape index (κ3) is 5.42. The Morgan fingerprint density at radius 2 is 1.87 bits per heavy atom. The van der Waals surface area contributed by atoms with Crippen LogP contribution in [0, 0.1) is 0 Å². The van der Waals surface area contributed by atoms with E-state index in [2.05, 4.69) is 10.6 Å². The molecule has 1 fully saturated rings. The maximum atomic E-state index is 13.4. The second-order valence-electron chi connectivity index (χ2n) is 8.86. The van der Waals surface area contributed by atoms with Crippen LogP contribution in [0.3, 0.4) is 0 Å². The molecule has 38 heavy (non-hydrogen) atoms. The van der Waals surface area contributed by atoms with Gasteiger partial charge in [-0.1, -0.05) is 30.3 Å². The van der Waals surface area contributed by atoms with Crippen molar-refractivity contribution >= 4 is 30.9 Å². The maximum Gasteiger partial charge on any atom is 0.547 e. The number of imide groups is 1. The molecule has 1 saturated heterocycles. The number of rotatable bonds is 6. The molecule has 2 aromatic carbocycles. The summed E-state index contributed by atoms with van der Waals surface area (Å²) < 4.78 is 5.46. The van der Waals surface area contributed by atoms with Gasteiger partial charge in [-0.2, -0.15) is 0 Å². The number of likely N-dealkylation sites (N-methyl/N-ethyl adjacent to an activating group) is 1. The average molecular weight is 526 g/mol. The molecule has 13 nitrogen and oxygen atoms in total. The molecule has 2 heterocycles. The number of urea groups is 1. The van der Waals surface area contributed by atoms with Gasteiger partial charge in [-0.25, -0.2) is 4.79 Å². The Bertz CT molecular complexity index is 1260. The first-order valence-corrected chi connectivity index (χ1v) is 11.9. The lowest BCUT2D eigenvalue weighted by Gasteiger charge is -2.33. The maximum absolute atomic E-state index is 13.4. The molecule has 2 aliphatic rings. The number of hydrogen-bond acceptors (Lipinski definition) is 9. The zero-order chi connectivity index (χ0) is 27.6. The molecule has 0 aliphatic carbocycles. The third-order valence-electron chi connectivity index (χ3n) is 6.42.